The van der Waals surface area contributed by atoms with Crippen LogP contribution in [0.15, 0.2) is 12.7 Å². The van der Waals surface area contributed by atoms with Crippen molar-refractivity contribution in [1.29, 1.82) is 0 Å². The van der Waals surface area contributed by atoms with E-state index in [-0.39, 0.29) is 22.7 Å². The van der Waals surface area contributed by atoms with Crippen LogP contribution < -0.4 is 0 Å². The monoisotopic (exact) mass is 318 g/mol. The highest BCUT2D eigenvalue weighted by Crippen LogP contribution is 2.73. The summed E-state index contributed by atoms with van der Waals surface area (Å²) >= 11 is 0. The summed E-state index contributed by atoms with van der Waals surface area (Å²) in [5.74, 6) is 1.43. The molecule has 2 nitrogen and oxygen atoms in total. The molecule has 1 spiro atoms. The maximum Gasteiger partial charge on any atom is 0.164 e. The molecule has 3 aliphatic carbocycles. The summed E-state index contributed by atoms with van der Waals surface area (Å²) in [6.07, 6.45) is 12.5. The summed E-state index contributed by atoms with van der Waals surface area (Å²) in [5.41, 5.74) is 0.902. The van der Waals surface area contributed by atoms with Gasteiger partial charge in [0.25, 0.3) is 0 Å². The van der Waals surface area contributed by atoms with E-state index in [1.807, 2.05) is 7.11 Å². The number of allylic oxidation sites excluding steroid dienone is 1. The predicted octanol–water partition coefficient (Wildman–Crippen LogP) is 5.33. The molecule has 0 aromatic heterocycles. The van der Waals surface area contributed by atoms with Crippen LogP contribution in [0.4, 0.5) is 0 Å². The van der Waals surface area contributed by atoms with Gasteiger partial charge in [-0.05, 0) is 67.6 Å². The first kappa shape index (κ1) is 16.1. The smallest absolute Gasteiger partial charge is 0.164 e. The number of ether oxygens (including phenoxy) is 2. The molecule has 130 valence electrons. The summed E-state index contributed by atoms with van der Waals surface area (Å²) in [6.45, 7) is 11.4. The Bertz CT molecular complexity index is 512. The van der Waals surface area contributed by atoms with E-state index in [9.17, 15) is 0 Å². The molecule has 0 aromatic carbocycles. The molecule has 1 aliphatic heterocycles. The lowest BCUT2D eigenvalue weighted by atomic mass is 9.43. The van der Waals surface area contributed by atoms with E-state index in [1.165, 1.54) is 51.4 Å². The standard InChI is InChI=1S/C21H34O2/c1-6-19(4)12-13-20-15(14-19)9-11-21(23-17(20)22-5)16(20)8-7-10-18(21,2)3/h6,15-17H,1,7-14H2,2-5H3/t15-,16+,17+,19-,20+,21-/m1/s1. The van der Waals surface area contributed by atoms with Crippen LogP contribution >= 0.6 is 0 Å². The first-order valence-corrected chi connectivity index (χ1v) is 9.68. The fraction of sp³-hybridized carbons (Fsp3) is 0.905. The van der Waals surface area contributed by atoms with Gasteiger partial charge >= 0.3 is 0 Å². The molecule has 6 atom stereocenters. The molecule has 3 saturated carbocycles. The molecule has 0 N–H and O–H groups in total. The molecule has 2 heteroatoms. The van der Waals surface area contributed by atoms with Crippen molar-refractivity contribution in [3.8, 4) is 0 Å². The normalized spacial score (nSPS) is 54.2. The minimum atomic E-state index is 0.00624. The summed E-state index contributed by atoms with van der Waals surface area (Å²) < 4.78 is 12.9. The Balaban J connectivity index is 1.79. The van der Waals surface area contributed by atoms with E-state index in [4.69, 9.17) is 9.47 Å². The molecule has 0 unspecified atom stereocenters. The second-order valence-corrected chi connectivity index (χ2v) is 9.81. The molecule has 2 bridgehead atoms. The van der Waals surface area contributed by atoms with Gasteiger partial charge in [0, 0.05) is 12.5 Å². The molecule has 0 amide bonds. The lowest BCUT2D eigenvalue weighted by Crippen LogP contribution is -2.60. The van der Waals surface area contributed by atoms with Crippen LogP contribution in [-0.2, 0) is 9.47 Å². The van der Waals surface area contributed by atoms with Gasteiger partial charge in [-0.2, -0.15) is 0 Å². The van der Waals surface area contributed by atoms with E-state index in [0.717, 1.165) is 5.92 Å². The summed E-state index contributed by atoms with van der Waals surface area (Å²) in [4.78, 5) is 0. The lowest BCUT2D eigenvalue weighted by molar-refractivity contribution is -0.214. The van der Waals surface area contributed by atoms with Crippen molar-refractivity contribution in [3.05, 3.63) is 12.7 Å². The fourth-order valence-electron chi connectivity index (χ4n) is 7.19. The maximum absolute atomic E-state index is 6.86. The highest BCUT2D eigenvalue weighted by atomic mass is 16.7. The van der Waals surface area contributed by atoms with Crippen LogP contribution in [0.1, 0.15) is 72.1 Å². The van der Waals surface area contributed by atoms with Crippen molar-refractivity contribution in [1.82, 2.24) is 0 Å². The average molecular weight is 319 g/mol. The third-order valence-electron chi connectivity index (χ3n) is 8.58. The number of hydrogen-bond acceptors (Lipinski definition) is 2. The highest BCUT2D eigenvalue weighted by molar-refractivity contribution is 5.21. The minimum Gasteiger partial charge on any atom is -0.355 e. The van der Waals surface area contributed by atoms with Crippen LogP contribution in [-0.4, -0.2) is 19.0 Å². The zero-order valence-corrected chi connectivity index (χ0v) is 15.5. The Morgan fingerprint density at radius 3 is 2.57 bits per heavy atom. The largest absolute Gasteiger partial charge is 0.355 e. The van der Waals surface area contributed by atoms with E-state index in [2.05, 4.69) is 33.4 Å². The van der Waals surface area contributed by atoms with Gasteiger partial charge in [0.1, 0.15) is 0 Å². The molecule has 23 heavy (non-hydrogen) atoms. The van der Waals surface area contributed by atoms with Gasteiger partial charge in [0.05, 0.1) is 5.60 Å². The number of rotatable bonds is 2. The second-order valence-electron chi connectivity index (χ2n) is 9.81. The van der Waals surface area contributed by atoms with Gasteiger partial charge in [-0.25, -0.2) is 0 Å². The topological polar surface area (TPSA) is 18.5 Å². The van der Waals surface area contributed by atoms with Gasteiger partial charge in [-0.1, -0.05) is 33.3 Å². The molecule has 4 aliphatic rings. The van der Waals surface area contributed by atoms with Crippen molar-refractivity contribution >= 4 is 0 Å². The maximum atomic E-state index is 6.86. The first-order chi connectivity index (χ1) is 10.8. The number of methoxy groups -OCH3 is 1. The van der Waals surface area contributed by atoms with Gasteiger partial charge < -0.3 is 9.47 Å². The second kappa shape index (κ2) is 4.85. The Morgan fingerprint density at radius 1 is 1.09 bits per heavy atom. The quantitative estimate of drug-likeness (QED) is 0.641. The van der Waals surface area contributed by atoms with Gasteiger partial charge in [0.15, 0.2) is 6.29 Å². The average Bonchev–Trinajstić information content (AvgIpc) is 2.72. The Hall–Kier alpha value is -0.340. The van der Waals surface area contributed by atoms with Gasteiger partial charge in [0.2, 0.25) is 0 Å². The Kier molecular flexibility index (Phi) is 3.40. The molecule has 4 rings (SSSR count). The van der Waals surface area contributed by atoms with Crippen LogP contribution in [0.25, 0.3) is 0 Å². The molecule has 0 aromatic rings. The van der Waals surface area contributed by atoms with Crippen LogP contribution in [0.5, 0.6) is 0 Å². The van der Waals surface area contributed by atoms with E-state index in [1.54, 1.807) is 0 Å². The SMILES string of the molecule is C=C[C@]1(C)CC[C@@]23[C@H](CC[C@@]4(O[C@@H]2OC)[C@H]3CCCC4(C)C)C1. The fourth-order valence-corrected chi connectivity index (χ4v) is 7.19. The van der Waals surface area contributed by atoms with Gasteiger partial charge in [-0.15, -0.1) is 6.58 Å². The van der Waals surface area contributed by atoms with Gasteiger partial charge in [-0.3, -0.25) is 0 Å². The molecule has 0 radical (unpaired) electrons. The Morgan fingerprint density at radius 2 is 1.87 bits per heavy atom. The van der Waals surface area contributed by atoms with Crippen molar-refractivity contribution in [2.45, 2.75) is 84.0 Å². The summed E-state index contributed by atoms with van der Waals surface area (Å²) in [7, 11) is 1.87. The molecule has 1 heterocycles. The van der Waals surface area contributed by atoms with E-state index < -0.39 is 0 Å². The molecular formula is C21H34O2. The molecular weight excluding hydrogens is 284 g/mol. The lowest BCUT2D eigenvalue weighted by Gasteiger charge is -2.61. The third-order valence-corrected chi connectivity index (χ3v) is 8.58. The first-order valence-electron chi connectivity index (χ1n) is 9.68. The molecule has 4 fully saturated rings. The van der Waals surface area contributed by atoms with E-state index in [0.29, 0.717) is 11.3 Å². The van der Waals surface area contributed by atoms with Crippen molar-refractivity contribution in [3.63, 3.8) is 0 Å². The van der Waals surface area contributed by atoms with Crippen LogP contribution in [0, 0.1) is 28.1 Å². The summed E-state index contributed by atoms with van der Waals surface area (Å²) in [6, 6.07) is 0. The third kappa shape index (κ3) is 1.83. The zero-order chi connectivity index (χ0) is 16.5. The Labute approximate surface area is 142 Å². The van der Waals surface area contributed by atoms with Crippen molar-refractivity contribution in [2.24, 2.45) is 28.1 Å². The van der Waals surface area contributed by atoms with Crippen molar-refractivity contribution in [2.75, 3.05) is 7.11 Å². The van der Waals surface area contributed by atoms with Crippen molar-refractivity contribution < 1.29 is 9.47 Å². The predicted molar refractivity (Wildman–Crippen MR) is 93.0 cm³/mol. The summed E-state index contributed by atoms with van der Waals surface area (Å²) in [5, 5.41) is 0. The zero-order valence-electron chi connectivity index (χ0n) is 15.5. The highest BCUT2D eigenvalue weighted by Gasteiger charge is 2.74. The van der Waals surface area contributed by atoms with E-state index >= 15 is 0 Å². The number of hydrogen-bond donors (Lipinski definition) is 0. The minimum absolute atomic E-state index is 0.00624. The molecule has 1 saturated heterocycles. The van der Waals surface area contributed by atoms with Crippen LogP contribution in [0.2, 0.25) is 0 Å². The van der Waals surface area contributed by atoms with Crippen LogP contribution in [0.3, 0.4) is 0 Å².